The van der Waals surface area contributed by atoms with Crippen molar-refractivity contribution < 1.29 is 9.72 Å². The third-order valence-corrected chi connectivity index (χ3v) is 2.19. The molecule has 0 saturated carbocycles. The topological polar surface area (TPSA) is 98.3 Å². The van der Waals surface area contributed by atoms with Gasteiger partial charge in [-0.3, -0.25) is 14.9 Å². The highest BCUT2D eigenvalue weighted by molar-refractivity contribution is 6.31. The number of hydrogen-bond donors (Lipinski definition) is 2. The Morgan fingerprint density at radius 3 is 2.75 bits per heavy atom. The van der Waals surface area contributed by atoms with Crippen molar-refractivity contribution in [3.8, 4) is 0 Å². The molecule has 0 heterocycles. The van der Waals surface area contributed by atoms with Crippen LogP contribution < -0.4 is 11.1 Å². The molecule has 0 aromatic heterocycles. The summed E-state index contributed by atoms with van der Waals surface area (Å²) in [6.07, 6.45) is 0. The molecule has 16 heavy (non-hydrogen) atoms. The summed E-state index contributed by atoms with van der Waals surface area (Å²) in [5, 5.41) is 13.7. The van der Waals surface area contributed by atoms with Gasteiger partial charge in [0.15, 0.2) is 0 Å². The van der Waals surface area contributed by atoms with Crippen molar-refractivity contribution in [3.05, 3.63) is 33.3 Å². The summed E-state index contributed by atoms with van der Waals surface area (Å²) in [7, 11) is 0. The molecule has 1 amide bonds. The van der Waals surface area contributed by atoms with Gasteiger partial charge in [-0.05, 0) is 19.1 Å². The van der Waals surface area contributed by atoms with E-state index in [1.165, 1.54) is 25.1 Å². The summed E-state index contributed by atoms with van der Waals surface area (Å²) in [6.45, 7) is 1.51. The fourth-order valence-corrected chi connectivity index (χ4v) is 1.26. The van der Waals surface area contributed by atoms with E-state index < -0.39 is 16.9 Å². The molecule has 6 nitrogen and oxygen atoms in total. The molecular weight excluding hydrogens is 234 g/mol. The lowest BCUT2D eigenvalue weighted by Gasteiger charge is -2.11. The molecule has 1 aromatic rings. The SMILES string of the molecule is CC(Nc1cc(Cl)ccc1[N+](=O)[O-])C(N)=O. The Morgan fingerprint density at radius 1 is 1.62 bits per heavy atom. The zero-order valence-corrected chi connectivity index (χ0v) is 9.19. The van der Waals surface area contributed by atoms with Crippen LogP contribution in [0.25, 0.3) is 0 Å². The number of carbonyl (C=O) groups is 1. The number of primary amides is 1. The Kier molecular flexibility index (Phi) is 3.68. The number of carbonyl (C=O) groups excluding carboxylic acids is 1. The fourth-order valence-electron chi connectivity index (χ4n) is 1.09. The van der Waals surface area contributed by atoms with Gasteiger partial charge in [-0.25, -0.2) is 0 Å². The van der Waals surface area contributed by atoms with Gasteiger partial charge in [0.2, 0.25) is 5.91 Å². The minimum Gasteiger partial charge on any atom is -0.368 e. The van der Waals surface area contributed by atoms with Gasteiger partial charge >= 0.3 is 0 Å². The maximum Gasteiger partial charge on any atom is 0.292 e. The van der Waals surface area contributed by atoms with Crippen LogP contribution in [-0.2, 0) is 4.79 Å². The number of amides is 1. The van der Waals surface area contributed by atoms with Gasteiger partial charge in [-0.15, -0.1) is 0 Å². The summed E-state index contributed by atoms with van der Waals surface area (Å²) in [5.74, 6) is -0.603. The molecule has 1 rings (SSSR count). The quantitative estimate of drug-likeness (QED) is 0.619. The van der Waals surface area contributed by atoms with Gasteiger partial charge in [0, 0.05) is 11.1 Å². The number of rotatable bonds is 4. The van der Waals surface area contributed by atoms with Gasteiger partial charge in [-0.2, -0.15) is 0 Å². The van der Waals surface area contributed by atoms with Gasteiger partial charge in [-0.1, -0.05) is 11.6 Å². The average Bonchev–Trinajstić information content (AvgIpc) is 2.16. The van der Waals surface area contributed by atoms with Crippen molar-refractivity contribution in [3.63, 3.8) is 0 Å². The smallest absolute Gasteiger partial charge is 0.292 e. The third kappa shape index (κ3) is 2.83. The normalized spacial score (nSPS) is 11.9. The van der Waals surface area contributed by atoms with Crippen molar-refractivity contribution in [1.82, 2.24) is 0 Å². The van der Waals surface area contributed by atoms with Crippen LogP contribution in [0.3, 0.4) is 0 Å². The van der Waals surface area contributed by atoms with E-state index in [-0.39, 0.29) is 11.4 Å². The lowest BCUT2D eigenvalue weighted by Crippen LogP contribution is -2.32. The highest BCUT2D eigenvalue weighted by atomic mass is 35.5. The van der Waals surface area contributed by atoms with E-state index in [0.29, 0.717) is 5.02 Å². The van der Waals surface area contributed by atoms with Gasteiger partial charge in [0.25, 0.3) is 5.69 Å². The zero-order valence-electron chi connectivity index (χ0n) is 8.44. The second-order valence-corrected chi connectivity index (χ2v) is 3.62. The second kappa shape index (κ2) is 4.80. The third-order valence-electron chi connectivity index (χ3n) is 1.95. The lowest BCUT2D eigenvalue weighted by molar-refractivity contribution is -0.384. The number of halogens is 1. The number of nitro groups is 1. The van der Waals surface area contributed by atoms with E-state index in [1.807, 2.05) is 0 Å². The van der Waals surface area contributed by atoms with Crippen LogP contribution in [0.1, 0.15) is 6.92 Å². The molecule has 7 heteroatoms. The molecule has 1 unspecified atom stereocenters. The molecule has 0 saturated heterocycles. The summed E-state index contributed by atoms with van der Waals surface area (Å²) in [6, 6.07) is 3.33. The highest BCUT2D eigenvalue weighted by Gasteiger charge is 2.17. The van der Waals surface area contributed by atoms with E-state index in [9.17, 15) is 14.9 Å². The van der Waals surface area contributed by atoms with Crippen molar-refractivity contribution in [1.29, 1.82) is 0 Å². The van der Waals surface area contributed by atoms with E-state index in [4.69, 9.17) is 17.3 Å². The minimum atomic E-state index is -0.711. The standard InChI is InChI=1S/C9H10ClN3O3/c1-5(9(11)14)12-7-4-6(10)2-3-8(7)13(15)16/h2-5,12H,1H3,(H2,11,14). The molecule has 0 aliphatic heterocycles. The predicted molar refractivity (Wildman–Crippen MR) is 60.4 cm³/mol. The van der Waals surface area contributed by atoms with Crippen molar-refractivity contribution >= 4 is 28.9 Å². The van der Waals surface area contributed by atoms with Gasteiger partial charge in [0.1, 0.15) is 11.7 Å². The molecule has 1 aromatic carbocycles. The Bertz CT molecular complexity index is 436. The van der Waals surface area contributed by atoms with Crippen molar-refractivity contribution in [2.45, 2.75) is 13.0 Å². The Balaban J connectivity index is 3.05. The monoisotopic (exact) mass is 243 g/mol. The largest absolute Gasteiger partial charge is 0.368 e. The zero-order chi connectivity index (χ0) is 12.3. The first-order chi connectivity index (χ1) is 7.41. The number of nitrogens with one attached hydrogen (secondary N) is 1. The van der Waals surface area contributed by atoms with Crippen LogP contribution in [-0.4, -0.2) is 16.9 Å². The van der Waals surface area contributed by atoms with E-state index >= 15 is 0 Å². The maximum atomic E-state index is 10.8. The molecule has 1 atom stereocenters. The number of benzene rings is 1. The number of nitro benzene ring substituents is 1. The van der Waals surface area contributed by atoms with Crippen molar-refractivity contribution in [2.75, 3.05) is 5.32 Å². The Morgan fingerprint density at radius 2 is 2.25 bits per heavy atom. The fraction of sp³-hybridized carbons (Fsp3) is 0.222. The van der Waals surface area contributed by atoms with Gasteiger partial charge < -0.3 is 11.1 Å². The molecule has 0 aliphatic carbocycles. The summed E-state index contributed by atoms with van der Waals surface area (Å²) < 4.78 is 0. The van der Waals surface area contributed by atoms with Crippen LogP contribution in [0, 0.1) is 10.1 Å². The second-order valence-electron chi connectivity index (χ2n) is 3.19. The Labute approximate surface area is 96.5 Å². The van der Waals surface area contributed by atoms with Gasteiger partial charge in [0.05, 0.1) is 4.92 Å². The minimum absolute atomic E-state index is 0.155. The number of nitrogens with zero attached hydrogens (tertiary/aromatic N) is 1. The highest BCUT2D eigenvalue weighted by Crippen LogP contribution is 2.27. The average molecular weight is 244 g/mol. The van der Waals surface area contributed by atoms with Crippen LogP contribution in [0.5, 0.6) is 0 Å². The first-order valence-corrected chi connectivity index (χ1v) is 4.79. The molecule has 0 radical (unpaired) electrons. The predicted octanol–water partition coefficient (Wildman–Crippen LogP) is 1.53. The molecule has 3 N–H and O–H groups in total. The Hall–Kier alpha value is -1.82. The number of hydrogen-bond acceptors (Lipinski definition) is 4. The summed E-state index contributed by atoms with van der Waals surface area (Å²) in [5.41, 5.74) is 5.06. The van der Waals surface area contributed by atoms with Crippen molar-refractivity contribution in [2.24, 2.45) is 5.73 Å². The maximum absolute atomic E-state index is 10.8. The van der Waals surface area contributed by atoms with Crippen LogP contribution >= 0.6 is 11.6 Å². The van der Waals surface area contributed by atoms with E-state index in [2.05, 4.69) is 5.32 Å². The molecule has 0 spiro atoms. The first-order valence-electron chi connectivity index (χ1n) is 4.41. The van der Waals surface area contributed by atoms with Crippen LogP contribution in [0.4, 0.5) is 11.4 Å². The van der Waals surface area contributed by atoms with E-state index in [1.54, 1.807) is 0 Å². The lowest BCUT2D eigenvalue weighted by atomic mass is 10.2. The summed E-state index contributed by atoms with van der Waals surface area (Å²) in [4.78, 5) is 21.0. The number of anilines is 1. The molecule has 0 aliphatic rings. The summed E-state index contributed by atoms with van der Waals surface area (Å²) >= 11 is 5.71. The molecule has 0 fully saturated rings. The van der Waals surface area contributed by atoms with Crippen LogP contribution in [0.15, 0.2) is 18.2 Å². The van der Waals surface area contributed by atoms with E-state index in [0.717, 1.165) is 0 Å². The number of nitrogens with two attached hydrogens (primary N) is 1. The van der Waals surface area contributed by atoms with Crippen LogP contribution in [0.2, 0.25) is 5.02 Å². The molecule has 86 valence electrons. The first kappa shape index (κ1) is 12.3. The molecule has 0 bridgehead atoms. The molecular formula is C9H10ClN3O3.